The fourth-order valence-corrected chi connectivity index (χ4v) is 5.27. The van der Waals surface area contributed by atoms with Gasteiger partial charge in [-0.25, -0.2) is 23.4 Å². The third-order valence-corrected chi connectivity index (χ3v) is 7.78. The van der Waals surface area contributed by atoms with Gasteiger partial charge in [-0.2, -0.15) is 4.31 Å². The third-order valence-electron chi connectivity index (χ3n) is 6.04. The molecule has 12 heteroatoms. The SMILES string of the molecule is COc1cc2c(C3C(=O)Nc4ccccc43)ncnc2cc1OCCN(C)S(=O)(=O)c1cn(C)cn1. The van der Waals surface area contributed by atoms with Crippen LogP contribution in [0.25, 0.3) is 10.9 Å². The van der Waals surface area contributed by atoms with Crippen LogP contribution in [0.4, 0.5) is 5.69 Å². The first-order chi connectivity index (χ1) is 17.3. The molecular weight excluding hydrogens is 484 g/mol. The molecule has 11 nitrogen and oxygen atoms in total. The maximum Gasteiger partial charge on any atom is 0.261 e. The topological polar surface area (TPSA) is 129 Å². The first kappa shape index (κ1) is 23.7. The molecule has 1 aliphatic rings. The quantitative estimate of drug-likeness (QED) is 0.383. The van der Waals surface area contributed by atoms with Crippen LogP contribution in [0.1, 0.15) is 17.2 Å². The van der Waals surface area contributed by atoms with Crippen LogP contribution in [0.2, 0.25) is 0 Å². The molecule has 0 radical (unpaired) electrons. The second-order valence-electron chi connectivity index (χ2n) is 8.34. The van der Waals surface area contributed by atoms with Crippen LogP contribution < -0.4 is 14.8 Å². The predicted molar refractivity (Wildman–Crippen MR) is 132 cm³/mol. The molecule has 0 saturated heterocycles. The van der Waals surface area contributed by atoms with E-state index in [9.17, 15) is 13.2 Å². The van der Waals surface area contributed by atoms with Crippen molar-refractivity contribution in [2.75, 3.05) is 32.6 Å². The number of imidazole rings is 1. The number of fused-ring (bicyclic) bond motifs is 2. The average molecular weight is 509 g/mol. The highest BCUT2D eigenvalue weighted by molar-refractivity contribution is 7.89. The van der Waals surface area contributed by atoms with Gasteiger partial charge in [-0.1, -0.05) is 18.2 Å². The Bertz CT molecular complexity index is 1570. The summed E-state index contributed by atoms with van der Waals surface area (Å²) in [5.41, 5.74) is 2.74. The number of likely N-dealkylation sites (N-methyl/N-ethyl adjacent to an activating group) is 1. The molecule has 1 aliphatic heterocycles. The van der Waals surface area contributed by atoms with E-state index in [1.165, 1.54) is 37.3 Å². The zero-order valence-corrected chi connectivity index (χ0v) is 20.7. The molecule has 2 aromatic carbocycles. The fourth-order valence-electron chi connectivity index (χ4n) is 4.15. The van der Waals surface area contributed by atoms with Crippen LogP contribution in [0, 0.1) is 0 Å². The Hall–Kier alpha value is -4.03. The highest BCUT2D eigenvalue weighted by atomic mass is 32.2. The lowest BCUT2D eigenvalue weighted by atomic mass is 9.94. The number of rotatable bonds is 8. The van der Waals surface area contributed by atoms with Crippen molar-refractivity contribution in [1.29, 1.82) is 0 Å². The summed E-state index contributed by atoms with van der Waals surface area (Å²) in [6.07, 6.45) is 4.29. The molecule has 5 rings (SSSR count). The summed E-state index contributed by atoms with van der Waals surface area (Å²) in [4.78, 5) is 25.5. The van der Waals surface area contributed by atoms with Crippen molar-refractivity contribution >= 4 is 32.5 Å². The van der Waals surface area contributed by atoms with Crippen molar-refractivity contribution in [3.05, 3.63) is 66.5 Å². The zero-order valence-electron chi connectivity index (χ0n) is 19.9. The Morgan fingerprint density at radius 2 is 1.94 bits per heavy atom. The van der Waals surface area contributed by atoms with Gasteiger partial charge in [0.1, 0.15) is 18.9 Å². The maximum absolute atomic E-state index is 12.8. The van der Waals surface area contributed by atoms with Crippen molar-refractivity contribution in [2.24, 2.45) is 7.05 Å². The van der Waals surface area contributed by atoms with Gasteiger partial charge in [-0.3, -0.25) is 4.79 Å². The van der Waals surface area contributed by atoms with Crippen LogP contribution in [-0.2, 0) is 21.9 Å². The first-order valence-electron chi connectivity index (χ1n) is 11.1. The van der Waals surface area contributed by atoms with Crippen molar-refractivity contribution in [2.45, 2.75) is 10.9 Å². The number of aryl methyl sites for hydroxylation is 1. The molecule has 1 N–H and O–H groups in total. The number of amides is 1. The maximum atomic E-state index is 12.8. The van der Waals surface area contributed by atoms with E-state index in [1.807, 2.05) is 24.3 Å². The number of ether oxygens (including phenoxy) is 2. The lowest BCUT2D eigenvalue weighted by Gasteiger charge is -2.18. The molecule has 2 aromatic heterocycles. The monoisotopic (exact) mass is 508 g/mol. The van der Waals surface area contributed by atoms with Crippen molar-refractivity contribution in [3.8, 4) is 11.5 Å². The van der Waals surface area contributed by atoms with Crippen molar-refractivity contribution in [3.63, 3.8) is 0 Å². The van der Waals surface area contributed by atoms with E-state index in [4.69, 9.17) is 9.47 Å². The molecular formula is C24H24N6O5S. The summed E-state index contributed by atoms with van der Waals surface area (Å²) in [6, 6.07) is 10.9. The number of sulfonamides is 1. The summed E-state index contributed by atoms with van der Waals surface area (Å²) in [5.74, 6) is 0.0799. The van der Waals surface area contributed by atoms with Gasteiger partial charge in [-0.15, -0.1) is 0 Å². The molecule has 186 valence electrons. The van der Waals surface area contributed by atoms with Gasteiger partial charge >= 0.3 is 0 Å². The van der Waals surface area contributed by atoms with E-state index in [0.29, 0.717) is 28.1 Å². The van der Waals surface area contributed by atoms with Crippen LogP contribution in [0.5, 0.6) is 11.5 Å². The van der Waals surface area contributed by atoms with Gasteiger partial charge in [-0.05, 0) is 17.7 Å². The number of nitrogens with one attached hydrogen (secondary N) is 1. The Morgan fingerprint density at radius 1 is 1.14 bits per heavy atom. The van der Waals surface area contributed by atoms with Gasteiger partial charge < -0.3 is 19.4 Å². The zero-order chi connectivity index (χ0) is 25.4. The van der Waals surface area contributed by atoms with Gasteiger partial charge in [0, 0.05) is 44.0 Å². The van der Waals surface area contributed by atoms with Gasteiger partial charge in [0.05, 0.1) is 24.6 Å². The van der Waals surface area contributed by atoms with E-state index < -0.39 is 15.9 Å². The van der Waals surface area contributed by atoms with Gasteiger partial charge in [0.15, 0.2) is 16.5 Å². The average Bonchev–Trinajstić information content (AvgIpc) is 3.45. The largest absolute Gasteiger partial charge is 0.493 e. The molecule has 1 atom stereocenters. The van der Waals surface area contributed by atoms with Crippen LogP contribution >= 0.6 is 0 Å². The Balaban J connectivity index is 1.40. The molecule has 1 amide bonds. The molecule has 0 fully saturated rings. The summed E-state index contributed by atoms with van der Waals surface area (Å²) >= 11 is 0. The highest BCUT2D eigenvalue weighted by Gasteiger charge is 2.34. The van der Waals surface area contributed by atoms with E-state index in [1.54, 1.807) is 23.7 Å². The molecule has 3 heterocycles. The van der Waals surface area contributed by atoms with Crippen LogP contribution in [-0.4, -0.2) is 65.5 Å². The molecule has 4 aromatic rings. The molecule has 36 heavy (non-hydrogen) atoms. The van der Waals surface area contributed by atoms with E-state index in [-0.39, 0.29) is 24.1 Å². The summed E-state index contributed by atoms with van der Waals surface area (Å²) < 4.78 is 39.5. The summed E-state index contributed by atoms with van der Waals surface area (Å²) in [5, 5.41) is 3.53. The number of anilines is 1. The third kappa shape index (κ3) is 4.14. The molecule has 0 bridgehead atoms. The molecule has 0 saturated carbocycles. The molecule has 1 unspecified atom stereocenters. The normalized spacial score (nSPS) is 15.2. The minimum absolute atomic E-state index is 0.0301. The van der Waals surface area contributed by atoms with Crippen molar-refractivity contribution < 1.29 is 22.7 Å². The van der Waals surface area contributed by atoms with Gasteiger partial charge in [0.25, 0.3) is 10.0 Å². The Kier molecular flexibility index (Phi) is 6.06. The second kappa shape index (κ2) is 9.21. The van der Waals surface area contributed by atoms with Crippen LogP contribution in [0.15, 0.2) is 60.3 Å². The number of carbonyl (C=O) groups is 1. The number of hydrogen-bond acceptors (Lipinski definition) is 8. The lowest BCUT2D eigenvalue weighted by Crippen LogP contribution is -2.31. The summed E-state index contributed by atoms with van der Waals surface area (Å²) in [6.45, 7) is 0.162. The van der Waals surface area contributed by atoms with E-state index in [2.05, 4.69) is 20.3 Å². The number of hydrogen-bond donors (Lipinski definition) is 1. The standard InChI is InChI=1S/C24H24N6O5S/c1-29-12-21(27-14-29)36(32,33)30(2)8-9-35-20-11-18-16(10-19(20)34-3)23(26-13-25-18)22-15-6-4-5-7-17(15)28-24(22)31/h4-7,10-14,22H,8-9H2,1-3H3,(H,28,31). The summed E-state index contributed by atoms with van der Waals surface area (Å²) in [7, 11) is 0.940. The number of methoxy groups -OCH3 is 1. The Labute approximate surface area is 207 Å². The number of benzene rings is 2. The predicted octanol–water partition coefficient (Wildman–Crippen LogP) is 2.16. The van der Waals surface area contributed by atoms with E-state index in [0.717, 1.165) is 11.3 Å². The molecule has 0 aliphatic carbocycles. The number of carbonyl (C=O) groups excluding carboxylic acids is 1. The smallest absolute Gasteiger partial charge is 0.261 e. The van der Waals surface area contributed by atoms with Gasteiger partial charge in [0.2, 0.25) is 5.91 Å². The number of para-hydroxylation sites is 1. The second-order valence-corrected chi connectivity index (χ2v) is 10.3. The number of nitrogens with zero attached hydrogens (tertiary/aromatic N) is 5. The lowest BCUT2D eigenvalue weighted by molar-refractivity contribution is -0.116. The van der Waals surface area contributed by atoms with Crippen molar-refractivity contribution in [1.82, 2.24) is 23.8 Å². The Morgan fingerprint density at radius 3 is 2.69 bits per heavy atom. The van der Waals surface area contributed by atoms with E-state index >= 15 is 0 Å². The number of aromatic nitrogens is 4. The fraction of sp³-hybridized carbons (Fsp3) is 0.250. The minimum Gasteiger partial charge on any atom is -0.493 e. The first-order valence-corrected chi connectivity index (χ1v) is 12.5. The minimum atomic E-state index is -3.74. The van der Waals surface area contributed by atoms with Crippen LogP contribution in [0.3, 0.4) is 0 Å². The molecule has 0 spiro atoms. The highest BCUT2D eigenvalue weighted by Crippen LogP contribution is 2.40.